The lowest BCUT2D eigenvalue weighted by atomic mass is 10.1. The Labute approximate surface area is 164 Å². The molecule has 0 fully saturated rings. The first-order chi connectivity index (χ1) is 13.0. The van der Waals surface area contributed by atoms with Crippen molar-refractivity contribution in [3.8, 4) is 23.6 Å². The molecule has 0 saturated heterocycles. The number of hydrogen-bond acceptors (Lipinski definition) is 5. The zero-order chi connectivity index (χ0) is 19.4. The highest BCUT2D eigenvalue weighted by atomic mass is 79.9. The molecule has 0 bridgehead atoms. The molecule has 7 heteroatoms. The normalized spacial score (nSPS) is 11.1. The first kappa shape index (κ1) is 18.5. The van der Waals surface area contributed by atoms with Gasteiger partial charge in [0.15, 0.2) is 18.1 Å². The van der Waals surface area contributed by atoms with Crippen LogP contribution in [0, 0.1) is 29.6 Å². The summed E-state index contributed by atoms with van der Waals surface area (Å²) in [5.41, 5.74) is 3.92. The second kappa shape index (κ2) is 7.94. The summed E-state index contributed by atoms with van der Waals surface area (Å²) >= 11 is 3.42. The molecule has 0 atom stereocenters. The van der Waals surface area contributed by atoms with Crippen LogP contribution in [0.25, 0.3) is 22.7 Å². The number of aromatic amines is 1. The summed E-state index contributed by atoms with van der Waals surface area (Å²) in [7, 11) is 1.52. The molecule has 0 amide bonds. The van der Waals surface area contributed by atoms with Gasteiger partial charge in [-0.15, -0.1) is 0 Å². The molecule has 134 valence electrons. The quantitative estimate of drug-likeness (QED) is 0.605. The molecule has 1 N–H and O–H groups in total. The zero-order valence-corrected chi connectivity index (χ0v) is 16.3. The van der Waals surface area contributed by atoms with Crippen LogP contribution in [-0.2, 0) is 0 Å². The molecule has 1 aromatic heterocycles. The van der Waals surface area contributed by atoms with Gasteiger partial charge in [-0.3, -0.25) is 0 Å². The molecule has 3 aromatic rings. The number of nitrogens with one attached hydrogen (secondary N) is 1. The van der Waals surface area contributed by atoms with Crippen LogP contribution in [0.3, 0.4) is 0 Å². The third-order valence-electron chi connectivity index (χ3n) is 3.86. The van der Waals surface area contributed by atoms with Crippen molar-refractivity contribution in [1.82, 2.24) is 9.97 Å². The van der Waals surface area contributed by atoms with Gasteiger partial charge >= 0.3 is 0 Å². The molecule has 0 unspecified atom stereocenters. The highest BCUT2D eigenvalue weighted by Crippen LogP contribution is 2.37. The average Bonchev–Trinajstić information content (AvgIpc) is 3.07. The van der Waals surface area contributed by atoms with Gasteiger partial charge in [0.25, 0.3) is 0 Å². The van der Waals surface area contributed by atoms with Crippen LogP contribution in [0.5, 0.6) is 11.5 Å². The van der Waals surface area contributed by atoms with Crippen molar-refractivity contribution < 1.29 is 9.47 Å². The van der Waals surface area contributed by atoms with Crippen molar-refractivity contribution in [2.75, 3.05) is 13.7 Å². The van der Waals surface area contributed by atoms with E-state index in [9.17, 15) is 5.26 Å². The van der Waals surface area contributed by atoms with Crippen molar-refractivity contribution in [2.45, 2.75) is 6.92 Å². The number of allylic oxidation sites excluding steroid dienone is 1. The summed E-state index contributed by atoms with van der Waals surface area (Å²) in [5, 5.41) is 18.3. The van der Waals surface area contributed by atoms with E-state index in [1.165, 1.54) is 7.11 Å². The van der Waals surface area contributed by atoms with E-state index in [4.69, 9.17) is 14.7 Å². The lowest BCUT2D eigenvalue weighted by molar-refractivity contribution is 0.327. The fourth-order valence-corrected chi connectivity index (χ4v) is 3.21. The van der Waals surface area contributed by atoms with Gasteiger partial charge in [-0.05, 0) is 64.3 Å². The second-order valence-corrected chi connectivity index (χ2v) is 6.61. The van der Waals surface area contributed by atoms with Crippen molar-refractivity contribution in [2.24, 2.45) is 0 Å². The van der Waals surface area contributed by atoms with E-state index in [1.807, 2.05) is 31.2 Å². The average molecular weight is 423 g/mol. The SMILES string of the molecule is COc1cc(C=C(C#N)c2nc3ccc(C)cc3[nH]2)cc(Br)c1OCC#N. The maximum absolute atomic E-state index is 9.61. The second-order valence-electron chi connectivity index (χ2n) is 5.76. The molecule has 0 aliphatic carbocycles. The molecule has 0 aliphatic heterocycles. The molecule has 0 radical (unpaired) electrons. The van der Waals surface area contributed by atoms with Gasteiger partial charge in [0, 0.05) is 0 Å². The number of nitriles is 2. The Kier molecular flexibility index (Phi) is 5.44. The monoisotopic (exact) mass is 422 g/mol. The van der Waals surface area contributed by atoms with Gasteiger partial charge in [0.1, 0.15) is 18.0 Å². The van der Waals surface area contributed by atoms with E-state index < -0.39 is 0 Å². The van der Waals surface area contributed by atoms with Gasteiger partial charge < -0.3 is 14.5 Å². The van der Waals surface area contributed by atoms with E-state index in [-0.39, 0.29) is 6.61 Å². The fourth-order valence-electron chi connectivity index (χ4n) is 2.64. The van der Waals surface area contributed by atoms with Gasteiger partial charge in [0.05, 0.1) is 28.2 Å². The molecule has 27 heavy (non-hydrogen) atoms. The summed E-state index contributed by atoms with van der Waals surface area (Å²) < 4.78 is 11.4. The van der Waals surface area contributed by atoms with Gasteiger partial charge in [-0.2, -0.15) is 10.5 Å². The Hall–Kier alpha value is -3.29. The largest absolute Gasteiger partial charge is 0.493 e. The van der Waals surface area contributed by atoms with Gasteiger partial charge in [-0.25, -0.2) is 4.98 Å². The Morgan fingerprint density at radius 1 is 1.30 bits per heavy atom. The Morgan fingerprint density at radius 3 is 2.81 bits per heavy atom. The molecule has 0 aliphatic rings. The number of rotatable bonds is 5. The molecular weight excluding hydrogens is 408 g/mol. The maximum Gasteiger partial charge on any atom is 0.176 e. The first-order valence-corrected chi connectivity index (χ1v) is 8.81. The highest BCUT2D eigenvalue weighted by Gasteiger charge is 2.13. The number of aryl methyl sites for hydroxylation is 1. The molecule has 2 aromatic carbocycles. The predicted molar refractivity (Wildman–Crippen MR) is 106 cm³/mol. The maximum atomic E-state index is 9.61. The minimum Gasteiger partial charge on any atom is -0.493 e. The highest BCUT2D eigenvalue weighted by molar-refractivity contribution is 9.10. The molecule has 6 nitrogen and oxygen atoms in total. The molecule has 3 rings (SSSR count). The molecular formula is C20H15BrN4O2. The van der Waals surface area contributed by atoms with E-state index in [0.717, 1.165) is 22.2 Å². The lowest BCUT2D eigenvalue weighted by Gasteiger charge is -2.11. The van der Waals surface area contributed by atoms with E-state index in [2.05, 4.69) is 32.0 Å². The smallest absolute Gasteiger partial charge is 0.176 e. The standard InChI is InChI=1S/C20H15BrN4O2/c1-12-3-4-16-17(7-12)25-20(24-16)14(11-23)8-13-9-15(21)19(27-6-5-22)18(10-13)26-2/h3-4,7-10H,6H2,1-2H3,(H,24,25). The first-order valence-electron chi connectivity index (χ1n) is 8.01. The Bertz CT molecular complexity index is 1120. The van der Waals surface area contributed by atoms with Gasteiger partial charge in [0.2, 0.25) is 0 Å². The number of fused-ring (bicyclic) bond motifs is 1. The van der Waals surface area contributed by atoms with Crippen LogP contribution in [0.1, 0.15) is 17.0 Å². The van der Waals surface area contributed by atoms with Crippen molar-refractivity contribution in [3.05, 3.63) is 51.8 Å². The summed E-state index contributed by atoms with van der Waals surface area (Å²) in [6, 6.07) is 13.5. The third-order valence-corrected chi connectivity index (χ3v) is 4.45. The third kappa shape index (κ3) is 3.94. The molecule has 0 saturated carbocycles. The van der Waals surface area contributed by atoms with Crippen LogP contribution in [-0.4, -0.2) is 23.7 Å². The number of benzene rings is 2. The number of aromatic nitrogens is 2. The van der Waals surface area contributed by atoms with Crippen LogP contribution in [0.4, 0.5) is 0 Å². The number of ether oxygens (including phenoxy) is 2. The lowest BCUT2D eigenvalue weighted by Crippen LogP contribution is -1.98. The molecule has 0 spiro atoms. The predicted octanol–water partition coefficient (Wildman–Crippen LogP) is 4.61. The van der Waals surface area contributed by atoms with Crippen molar-refractivity contribution in [1.29, 1.82) is 10.5 Å². The summed E-state index contributed by atoms with van der Waals surface area (Å²) in [6.07, 6.45) is 1.71. The fraction of sp³-hybridized carbons (Fsp3) is 0.150. The number of hydrogen-bond donors (Lipinski definition) is 1. The molecule has 1 heterocycles. The summed E-state index contributed by atoms with van der Waals surface area (Å²) in [4.78, 5) is 7.68. The number of methoxy groups -OCH3 is 1. The minimum absolute atomic E-state index is 0.0913. The number of imidazole rings is 1. The number of halogens is 1. The van der Waals surface area contributed by atoms with Crippen LogP contribution in [0.2, 0.25) is 0 Å². The van der Waals surface area contributed by atoms with Crippen LogP contribution >= 0.6 is 15.9 Å². The van der Waals surface area contributed by atoms with Gasteiger partial charge in [-0.1, -0.05) is 6.07 Å². The van der Waals surface area contributed by atoms with E-state index in [0.29, 0.717) is 27.4 Å². The number of nitrogens with zero attached hydrogens (tertiary/aromatic N) is 3. The van der Waals surface area contributed by atoms with E-state index >= 15 is 0 Å². The van der Waals surface area contributed by atoms with Crippen molar-refractivity contribution >= 4 is 38.6 Å². The summed E-state index contributed by atoms with van der Waals surface area (Å²) in [6.45, 7) is 1.91. The Balaban J connectivity index is 2.03. The number of H-pyrrole nitrogens is 1. The minimum atomic E-state index is -0.0913. The zero-order valence-electron chi connectivity index (χ0n) is 14.7. The van der Waals surface area contributed by atoms with E-state index in [1.54, 1.807) is 18.2 Å². The van der Waals surface area contributed by atoms with Crippen LogP contribution < -0.4 is 9.47 Å². The van der Waals surface area contributed by atoms with Crippen molar-refractivity contribution in [3.63, 3.8) is 0 Å². The Morgan fingerprint density at radius 2 is 2.11 bits per heavy atom. The topological polar surface area (TPSA) is 94.7 Å². The summed E-state index contributed by atoms with van der Waals surface area (Å²) in [5.74, 6) is 1.40. The van der Waals surface area contributed by atoms with Crippen LogP contribution in [0.15, 0.2) is 34.8 Å².